The summed E-state index contributed by atoms with van der Waals surface area (Å²) in [6.07, 6.45) is -3.16. The first-order chi connectivity index (χ1) is 12.9. The molecule has 0 saturated carbocycles. The summed E-state index contributed by atoms with van der Waals surface area (Å²) in [5.41, 5.74) is 5.66. The van der Waals surface area contributed by atoms with E-state index in [2.05, 4.69) is 10.7 Å². The van der Waals surface area contributed by atoms with Crippen molar-refractivity contribution in [3.8, 4) is 0 Å². The number of aromatic nitrogens is 2. The van der Waals surface area contributed by atoms with Crippen LogP contribution < -0.4 is 16.4 Å². The number of carbonyl (C=O) groups is 1. The Kier molecular flexibility index (Phi) is 6.37. The van der Waals surface area contributed by atoms with Gasteiger partial charge < -0.3 is 20.6 Å². The SMILES string of the molecule is O=C([O-])C(F)(F)F.[NH3+]c1cc(Cc2c[nH]c(=O)c3cc(Cl)c(Cl)n23)ccc1F. The maximum Gasteiger partial charge on any atom is 0.430 e. The van der Waals surface area contributed by atoms with Crippen LogP contribution in [-0.4, -0.2) is 21.5 Å². The maximum absolute atomic E-state index is 13.3. The highest BCUT2D eigenvalue weighted by Crippen LogP contribution is 2.27. The summed E-state index contributed by atoms with van der Waals surface area (Å²) in [6, 6.07) is 6.21. The van der Waals surface area contributed by atoms with Crippen molar-refractivity contribution in [2.45, 2.75) is 12.6 Å². The van der Waals surface area contributed by atoms with Gasteiger partial charge in [0.15, 0.2) is 11.5 Å². The summed E-state index contributed by atoms with van der Waals surface area (Å²) in [7, 11) is 0. The van der Waals surface area contributed by atoms with Gasteiger partial charge in [0.05, 0.1) is 5.02 Å². The first-order valence-corrected chi connectivity index (χ1v) is 8.13. The number of aromatic amines is 1. The third-order valence-electron chi connectivity index (χ3n) is 3.51. The Morgan fingerprint density at radius 2 is 1.86 bits per heavy atom. The van der Waals surface area contributed by atoms with E-state index in [9.17, 15) is 22.4 Å². The molecular weight excluding hydrogens is 429 g/mol. The van der Waals surface area contributed by atoms with Crippen molar-refractivity contribution in [3.63, 3.8) is 0 Å². The van der Waals surface area contributed by atoms with Gasteiger partial charge in [-0.2, -0.15) is 13.2 Å². The highest BCUT2D eigenvalue weighted by molar-refractivity contribution is 6.42. The summed E-state index contributed by atoms with van der Waals surface area (Å²) < 4.78 is 46.4. The molecule has 2 aromatic heterocycles. The third-order valence-corrected chi connectivity index (χ3v) is 4.27. The molecular formula is C16H11Cl2F4N3O3. The number of carboxylic acids is 1. The lowest BCUT2D eigenvalue weighted by atomic mass is 10.1. The predicted molar refractivity (Wildman–Crippen MR) is 90.9 cm³/mol. The monoisotopic (exact) mass is 439 g/mol. The van der Waals surface area contributed by atoms with Crippen molar-refractivity contribution in [2.24, 2.45) is 0 Å². The molecule has 4 N–H and O–H groups in total. The van der Waals surface area contributed by atoms with E-state index in [-0.39, 0.29) is 16.5 Å². The van der Waals surface area contributed by atoms with Crippen molar-refractivity contribution in [1.29, 1.82) is 0 Å². The standard InChI is InChI=1S/C14H10Cl2FN3O.C2HF3O2/c15-9-5-12-14(21)19-6-8(20(12)13(9)16)3-7-1-2-10(17)11(18)4-7;3-2(4,5)1(6)7/h1-2,4-6H,3,18H2,(H,19,21);(H,6,7). The number of benzene rings is 1. The number of carbonyl (C=O) groups excluding carboxylic acids is 1. The van der Waals surface area contributed by atoms with Gasteiger partial charge in [-0.3, -0.25) is 9.20 Å². The van der Waals surface area contributed by atoms with Gasteiger partial charge >= 0.3 is 6.18 Å². The average Bonchev–Trinajstić information content (AvgIpc) is 2.90. The summed E-state index contributed by atoms with van der Waals surface area (Å²) in [5, 5.41) is 9.38. The fourth-order valence-corrected chi connectivity index (χ4v) is 2.71. The zero-order valence-electron chi connectivity index (χ0n) is 13.7. The van der Waals surface area contributed by atoms with Crippen LogP contribution in [0.3, 0.4) is 0 Å². The van der Waals surface area contributed by atoms with Gasteiger partial charge in [-0.15, -0.1) is 0 Å². The first-order valence-electron chi connectivity index (χ1n) is 7.37. The highest BCUT2D eigenvalue weighted by Gasteiger charge is 2.28. The molecule has 0 amide bonds. The quantitative estimate of drug-likeness (QED) is 0.595. The Balaban J connectivity index is 0.000000345. The van der Waals surface area contributed by atoms with Crippen molar-refractivity contribution in [2.75, 3.05) is 0 Å². The van der Waals surface area contributed by atoms with E-state index >= 15 is 0 Å². The number of H-pyrrole nitrogens is 1. The van der Waals surface area contributed by atoms with Crippen molar-refractivity contribution in [1.82, 2.24) is 9.38 Å². The molecule has 0 spiro atoms. The molecule has 0 atom stereocenters. The Hall–Kier alpha value is -2.56. The van der Waals surface area contributed by atoms with Crippen LogP contribution in [-0.2, 0) is 11.2 Å². The Bertz CT molecular complexity index is 1090. The number of carboxylic acid groups (broad SMARTS) is 1. The molecule has 3 aromatic rings. The smallest absolute Gasteiger partial charge is 0.430 e. The number of quaternary nitrogens is 1. The molecule has 28 heavy (non-hydrogen) atoms. The molecule has 0 aliphatic rings. The number of nitrogens with one attached hydrogen (secondary N) is 1. The second-order valence-corrected chi connectivity index (χ2v) is 6.27. The Labute approximate surface area is 164 Å². The fraction of sp³-hybridized carbons (Fsp3) is 0.125. The van der Waals surface area contributed by atoms with Gasteiger partial charge in [-0.1, -0.05) is 29.3 Å². The Morgan fingerprint density at radius 3 is 2.39 bits per heavy atom. The molecule has 3 rings (SSSR count). The molecule has 0 fully saturated rings. The number of alkyl halides is 3. The van der Waals surface area contributed by atoms with Gasteiger partial charge in [0.1, 0.15) is 16.6 Å². The van der Waals surface area contributed by atoms with E-state index in [0.717, 1.165) is 11.3 Å². The van der Waals surface area contributed by atoms with E-state index in [1.54, 1.807) is 22.7 Å². The van der Waals surface area contributed by atoms with Gasteiger partial charge in [0.25, 0.3) is 5.56 Å². The van der Waals surface area contributed by atoms with E-state index in [0.29, 0.717) is 22.6 Å². The molecule has 0 aliphatic carbocycles. The number of fused-ring (bicyclic) bond motifs is 1. The van der Waals surface area contributed by atoms with Crippen LogP contribution in [0.5, 0.6) is 0 Å². The topological polar surface area (TPSA) is 105 Å². The zero-order valence-corrected chi connectivity index (χ0v) is 15.3. The molecule has 12 heteroatoms. The summed E-state index contributed by atoms with van der Waals surface area (Å²) >= 11 is 12.1. The van der Waals surface area contributed by atoms with Crippen LogP contribution in [0.25, 0.3) is 5.52 Å². The zero-order chi connectivity index (χ0) is 21.2. The van der Waals surface area contributed by atoms with Crippen molar-refractivity contribution in [3.05, 3.63) is 68.1 Å². The summed E-state index contributed by atoms with van der Waals surface area (Å²) in [5.74, 6) is -3.36. The van der Waals surface area contributed by atoms with Crippen LogP contribution in [0.4, 0.5) is 23.2 Å². The van der Waals surface area contributed by atoms with Crippen LogP contribution in [0.1, 0.15) is 11.3 Å². The van der Waals surface area contributed by atoms with Crippen molar-refractivity contribution >= 4 is 40.4 Å². The normalized spacial score (nSPS) is 11.2. The Morgan fingerprint density at radius 1 is 1.25 bits per heavy atom. The van der Waals surface area contributed by atoms with Gasteiger partial charge in [-0.05, 0) is 17.7 Å². The number of aliphatic carboxylic acids is 1. The maximum atomic E-state index is 13.3. The summed E-state index contributed by atoms with van der Waals surface area (Å²) in [4.78, 5) is 23.2. The van der Waals surface area contributed by atoms with Gasteiger partial charge in [-0.25, -0.2) is 4.39 Å². The first kappa shape index (κ1) is 21.7. The molecule has 0 unspecified atom stereocenters. The van der Waals surface area contributed by atoms with E-state index in [4.69, 9.17) is 33.1 Å². The fourth-order valence-electron chi connectivity index (χ4n) is 2.27. The third kappa shape index (κ3) is 4.83. The minimum absolute atomic E-state index is 0.274. The average molecular weight is 440 g/mol. The van der Waals surface area contributed by atoms with E-state index < -0.39 is 12.1 Å². The number of nitrogens with zero attached hydrogens (tertiary/aromatic N) is 1. The highest BCUT2D eigenvalue weighted by atomic mass is 35.5. The molecule has 0 radical (unpaired) electrons. The molecule has 0 saturated heterocycles. The molecule has 150 valence electrons. The lowest BCUT2D eigenvalue weighted by Crippen LogP contribution is -2.41. The number of hydrogen-bond acceptors (Lipinski definition) is 3. The van der Waals surface area contributed by atoms with E-state index in [1.807, 2.05) is 0 Å². The minimum atomic E-state index is -5.19. The van der Waals surface area contributed by atoms with Crippen LogP contribution in [0.2, 0.25) is 10.2 Å². The second kappa shape index (κ2) is 8.21. The molecule has 2 heterocycles. The summed E-state index contributed by atoms with van der Waals surface area (Å²) in [6.45, 7) is 0. The minimum Gasteiger partial charge on any atom is -0.542 e. The van der Waals surface area contributed by atoms with Crippen LogP contribution >= 0.6 is 23.2 Å². The van der Waals surface area contributed by atoms with Crippen LogP contribution in [0.15, 0.2) is 35.3 Å². The largest absolute Gasteiger partial charge is 0.542 e. The van der Waals surface area contributed by atoms with Gasteiger partial charge in [0.2, 0.25) is 0 Å². The molecule has 0 aliphatic heterocycles. The number of halogens is 6. The van der Waals surface area contributed by atoms with Crippen molar-refractivity contribution < 1.29 is 33.2 Å². The van der Waals surface area contributed by atoms with E-state index in [1.165, 1.54) is 12.1 Å². The lowest BCUT2D eigenvalue weighted by Gasteiger charge is -2.07. The molecule has 1 aromatic carbocycles. The number of rotatable bonds is 2. The molecule has 0 bridgehead atoms. The number of hydrogen-bond donors (Lipinski definition) is 2. The predicted octanol–water partition coefficient (Wildman–Crippen LogP) is 1.84. The molecule has 6 nitrogen and oxygen atoms in total. The lowest BCUT2D eigenvalue weighted by molar-refractivity contribution is -0.344. The van der Waals surface area contributed by atoms with Gasteiger partial charge in [0, 0.05) is 24.4 Å². The second-order valence-electron chi connectivity index (χ2n) is 5.50. The van der Waals surface area contributed by atoms with Crippen LogP contribution in [0, 0.1) is 5.82 Å².